The molecule has 8 rings (SSSR count). The fraction of sp³-hybridized carbons (Fsp3) is 0.255. The van der Waals surface area contributed by atoms with E-state index in [1.165, 1.54) is 0 Å². The fourth-order valence-corrected chi connectivity index (χ4v) is 11.5. The largest absolute Gasteiger partial charge is 0.399 e. The number of fused-ring (bicyclic) bond motifs is 2. The van der Waals surface area contributed by atoms with Crippen LogP contribution in [0, 0.1) is 5.92 Å². The second-order valence-electron chi connectivity index (χ2n) is 16.6. The first kappa shape index (κ1) is 42.0. The number of halogens is 1. The fourth-order valence-electron chi connectivity index (χ4n) is 9.00. The number of hydrogen-bond donors (Lipinski definition) is 5. The average molecular weight is 853 g/mol. The summed E-state index contributed by atoms with van der Waals surface area (Å²) >= 11 is 0. The van der Waals surface area contributed by atoms with Crippen molar-refractivity contribution in [1.82, 2.24) is 15.0 Å². The third kappa shape index (κ3) is 8.21. The molecule has 5 aromatic carbocycles. The number of benzene rings is 5. The summed E-state index contributed by atoms with van der Waals surface area (Å²) in [5, 5.41) is 24.8. The maximum absolute atomic E-state index is 16.7. The van der Waals surface area contributed by atoms with Crippen LogP contribution in [0.1, 0.15) is 62.4 Å². The number of aliphatic hydroxyl groups excluding tert-OH is 1. The van der Waals surface area contributed by atoms with Gasteiger partial charge in [0, 0.05) is 63.6 Å². The summed E-state index contributed by atoms with van der Waals surface area (Å²) in [4.78, 5) is 43.1. The number of nitrogens with zero attached hydrogens (tertiary/aromatic N) is 4. The van der Waals surface area contributed by atoms with Gasteiger partial charge in [0.15, 0.2) is 5.60 Å². The van der Waals surface area contributed by atoms with Crippen molar-refractivity contribution in [3.8, 4) is 0 Å². The van der Waals surface area contributed by atoms with Crippen LogP contribution in [0.2, 0.25) is 18.6 Å². The molecule has 0 radical (unpaired) electrons. The van der Waals surface area contributed by atoms with Gasteiger partial charge in [-0.1, -0.05) is 54.6 Å². The maximum atomic E-state index is 16.7. The highest BCUT2D eigenvalue weighted by Gasteiger charge is 2.66. The molecule has 0 bridgehead atoms. The molecule has 1 spiro atoms. The molecule has 1 saturated heterocycles. The van der Waals surface area contributed by atoms with E-state index in [4.69, 9.17) is 16.2 Å². The minimum atomic E-state index is -3.52. The van der Waals surface area contributed by atoms with E-state index in [-0.39, 0.29) is 36.8 Å². The third-order valence-corrected chi connectivity index (χ3v) is 14.5. The van der Waals surface area contributed by atoms with Crippen molar-refractivity contribution < 1.29 is 28.3 Å². The molecule has 5 atom stereocenters. The Bertz CT molecular complexity index is 2590. The first-order valence-corrected chi connectivity index (χ1v) is 23.5. The molecular formula is C47H49FN8O5Si. The Morgan fingerprint density at radius 2 is 1.47 bits per heavy atom. The molecule has 62 heavy (non-hydrogen) atoms. The number of nitrogens with one attached hydrogen (secondary N) is 2. The molecule has 2 aliphatic rings. The lowest BCUT2D eigenvalue weighted by molar-refractivity contribution is -0.146. The lowest BCUT2D eigenvalue weighted by Gasteiger charge is -2.31. The highest BCUT2D eigenvalue weighted by molar-refractivity contribution is 6.72. The van der Waals surface area contributed by atoms with Crippen LogP contribution < -0.4 is 27.0 Å². The molecule has 6 aromatic rings. The minimum Gasteiger partial charge on any atom is -0.399 e. The van der Waals surface area contributed by atoms with Gasteiger partial charge in [0.25, 0.3) is 17.7 Å². The van der Waals surface area contributed by atoms with E-state index >= 15 is 8.90 Å². The summed E-state index contributed by atoms with van der Waals surface area (Å²) < 4.78 is 25.4. The van der Waals surface area contributed by atoms with E-state index in [1.807, 2.05) is 49.4 Å². The van der Waals surface area contributed by atoms with Crippen molar-refractivity contribution in [2.45, 2.75) is 62.7 Å². The molecule has 7 N–H and O–H groups in total. The van der Waals surface area contributed by atoms with Gasteiger partial charge in [-0.2, -0.15) is 0 Å². The van der Waals surface area contributed by atoms with Crippen molar-refractivity contribution in [1.29, 1.82) is 0 Å². The first-order valence-electron chi connectivity index (χ1n) is 20.6. The zero-order valence-electron chi connectivity index (χ0n) is 34.7. The van der Waals surface area contributed by atoms with Crippen molar-refractivity contribution in [2.24, 2.45) is 5.92 Å². The van der Waals surface area contributed by atoms with Gasteiger partial charge in [-0.05, 0) is 110 Å². The molecule has 318 valence electrons. The Kier molecular flexibility index (Phi) is 11.5. The van der Waals surface area contributed by atoms with E-state index in [9.17, 15) is 14.7 Å². The first-order chi connectivity index (χ1) is 29.7. The lowest BCUT2D eigenvalue weighted by Crippen LogP contribution is -2.45. The molecule has 1 fully saturated rings. The van der Waals surface area contributed by atoms with Crippen LogP contribution in [0.25, 0.3) is 0 Å². The number of aryl methyl sites for hydroxylation is 1. The third-order valence-electron chi connectivity index (χ3n) is 12.1. The van der Waals surface area contributed by atoms with Gasteiger partial charge >= 0.3 is 0 Å². The number of hydrogen-bond acceptors (Lipinski definition) is 9. The number of carbonyl (C=O) groups excluding carboxylic acids is 3. The van der Waals surface area contributed by atoms with Crippen molar-refractivity contribution in [3.63, 3.8) is 0 Å². The summed E-state index contributed by atoms with van der Waals surface area (Å²) in [6, 6.07) is 35.3. The smallest absolute Gasteiger partial charge is 0.264 e. The summed E-state index contributed by atoms with van der Waals surface area (Å²) in [5.74, 6) is -1.93. The molecule has 0 aliphatic carbocycles. The maximum Gasteiger partial charge on any atom is 0.264 e. The monoisotopic (exact) mass is 852 g/mol. The zero-order valence-corrected chi connectivity index (χ0v) is 35.7. The molecule has 2 aliphatic heterocycles. The molecule has 3 heterocycles. The molecule has 1 aromatic heterocycles. The number of carbonyl (C=O) groups is 3. The van der Waals surface area contributed by atoms with Crippen LogP contribution >= 0.6 is 0 Å². The summed E-state index contributed by atoms with van der Waals surface area (Å²) in [5.41, 5.74) is 15.9. The highest BCUT2D eigenvalue weighted by Crippen LogP contribution is 2.60. The number of aromatic nitrogens is 3. The van der Waals surface area contributed by atoms with Gasteiger partial charge < -0.3 is 41.0 Å². The predicted molar refractivity (Wildman–Crippen MR) is 240 cm³/mol. The molecule has 3 amide bonds. The summed E-state index contributed by atoms with van der Waals surface area (Å²) in [6.45, 7) is 5.53. The van der Waals surface area contributed by atoms with Gasteiger partial charge in [0.05, 0.1) is 36.6 Å². The predicted octanol–water partition coefficient (Wildman–Crippen LogP) is 7.48. The molecule has 0 saturated carbocycles. The van der Waals surface area contributed by atoms with Crippen molar-refractivity contribution in [2.75, 3.05) is 33.6 Å². The van der Waals surface area contributed by atoms with Crippen LogP contribution in [-0.4, -0.2) is 58.9 Å². The Morgan fingerprint density at radius 3 is 2.06 bits per heavy atom. The van der Waals surface area contributed by atoms with Crippen LogP contribution in [0.3, 0.4) is 0 Å². The minimum absolute atomic E-state index is 0.149. The second kappa shape index (κ2) is 17.0. The number of rotatable bonds is 13. The number of nitrogen functional groups attached to an aromatic ring is 2. The van der Waals surface area contributed by atoms with E-state index in [0.717, 1.165) is 11.1 Å². The molecule has 1 unspecified atom stereocenters. The number of nitrogens with two attached hydrogens (primary N) is 2. The van der Waals surface area contributed by atoms with Crippen LogP contribution in [0.4, 0.5) is 32.5 Å². The Balaban J connectivity index is 1.09. The number of amides is 3. The van der Waals surface area contributed by atoms with E-state index in [1.54, 1.807) is 108 Å². The van der Waals surface area contributed by atoms with Crippen molar-refractivity contribution in [3.05, 3.63) is 161 Å². The topological polar surface area (TPSA) is 191 Å². The standard InChI is InChI=1S/C47H49FN8O5Si/c1-29-43(62(2,3)48)42(23-24-55-27-40(53-54-55)38(28-57)31-7-5-4-6-8-31)61-47(29)39-25-37(52-45(59)33-13-17-35(50)18-14-33)21-22-41(39)56(46(47)60)26-30-9-19-36(20-10-30)51-44(58)32-11-15-34(49)16-12-32/h4-22,25,27,29,38,42-43,57H,23-24,26,28,49-50H2,1-3H3,(H,51,58)(H,52,59)/t29-,38?,42+,43-,47+/m0/s1. The van der Waals surface area contributed by atoms with Gasteiger partial charge in [-0.3, -0.25) is 19.1 Å². The number of aliphatic hydroxyl groups is 1. The Morgan fingerprint density at radius 1 is 0.871 bits per heavy atom. The zero-order chi connectivity index (χ0) is 43.8. The number of anilines is 5. The Labute approximate surface area is 360 Å². The van der Waals surface area contributed by atoms with Crippen molar-refractivity contribution >= 4 is 54.6 Å². The van der Waals surface area contributed by atoms with E-state index < -0.39 is 31.6 Å². The quantitative estimate of drug-likeness (QED) is 0.0445. The highest BCUT2D eigenvalue weighted by atomic mass is 28.4. The van der Waals surface area contributed by atoms with E-state index in [2.05, 4.69) is 20.9 Å². The SMILES string of the molecule is C[C@H]1[C@H]([Si](C)(C)F)[C@@H](CCn2cc(C(CO)c3ccccc3)nn2)O[C@]12C(=O)N(Cc1ccc(NC(=O)c3ccc(N)cc3)cc1)c1ccc(NC(=O)c3ccc(N)cc3)cc12. The average Bonchev–Trinajstić information content (AvgIpc) is 3.91. The molecular weight excluding hydrogens is 804 g/mol. The van der Waals surface area contributed by atoms with Gasteiger partial charge in [-0.25, -0.2) is 0 Å². The second-order valence-corrected chi connectivity index (χ2v) is 20.4. The van der Waals surface area contributed by atoms with Crippen LogP contribution in [0.5, 0.6) is 0 Å². The normalized spacial score (nSPS) is 20.0. The summed E-state index contributed by atoms with van der Waals surface area (Å²) in [6.07, 6.45) is 1.47. The molecule has 15 heteroatoms. The Hall–Kier alpha value is -6.68. The van der Waals surface area contributed by atoms with Gasteiger partial charge in [0.2, 0.25) is 8.41 Å². The van der Waals surface area contributed by atoms with Crippen LogP contribution in [0.15, 0.2) is 128 Å². The number of ether oxygens (including phenoxy) is 1. The van der Waals surface area contributed by atoms with Crippen LogP contribution in [-0.2, 0) is 28.2 Å². The molecule has 13 nitrogen and oxygen atoms in total. The van der Waals surface area contributed by atoms with E-state index in [0.29, 0.717) is 63.8 Å². The lowest BCUT2D eigenvalue weighted by atomic mass is 9.82. The van der Waals surface area contributed by atoms with Gasteiger partial charge in [-0.15, -0.1) is 5.10 Å². The summed E-state index contributed by atoms with van der Waals surface area (Å²) in [7, 11) is -3.52. The van der Waals surface area contributed by atoms with Gasteiger partial charge in [0.1, 0.15) is 0 Å².